The van der Waals surface area contributed by atoms with E-state index in [9.17, 15) is 0 Å². The van der Waals surface area contributed by atoms with Crippen LogP contribution in [0.2, 0.25) is 0 Å². The second-order valence-corrected chi connectivity index (χ2v) is 9.31. The number of hydroxylamine groups is 1. The summed E-state index contributed by atoms with van der Waals surface area (Å²) in [6.07, 6.45) is 5.18. The van der Waals surface area contributed by atoms with Crippen molar-refractivity contribution < 1.29 is 9.68 Å². The third-order valence-electron chi connectivity index (χ3n) is 7.18. The average molecular weight is 472 g/mol. The first-order chi connectivity index (χ1) is 17.1. The first-order valence-electron chi connectivity index (χ1n) is 12.5. The van der Waals surface area contributed by atoms with E-state index in [0.29, 0.717) is 6.04 Å². The fourth-order valence-corrected chi connectivity index (χ4v) is 4.97. The summed E-state index contributed by atoms with van der Waals surface area (Å²) in [5.41, 5.74) is 12.1. The molecule has 0 spiro atoms. The molecule has 0 heterocycles. The van der Waals surface area contributed by atoms with Crippen molar-refractivity contribution in [2.45, 2.75) is 50.5 Å². The Bertz CT molecular complexity index is 1070. The maximum absolute atomic E-state index is 5.62. The average Bonchev–Trinajstić information content (AvgIpc) is 2.93. The highest BCUT2D eigenvalue weighted by Crippen LogP contribution is 2.39. The Balaban J connectivity index is 1.36. The van der Waals surface area contributed by atoms with E-state index >= 15 is 0 Å². The van der Waals surface area contributed by atoms with Gasteiger partial charge >= 0.3 is 0 Å². The Kier molecular flexibility index (Phi) is 8.45. The van der Waals surface area contributed by atoms with Crippen LogP contribution in [0.1, 0.15) is 49.3 Å². The monoisotopic (exact) mass is 471 g/mol. The van der Waals surface area contributed by atoms with Gasteiger partial charge in [-0.1, -0.05) is 68.1 Å². The van der Waals surface area contributed by atoms with Gasteiger partial charge in [0.05, 0.1) is 12.8 Å². The van der Waals surface area contributed by atoms with Crippen molar-refractivity contribution in [3.63, 3.8) is 0 Å². The van der Waals surface area contributed by atoms with E-state index in [1.54, 1.807) is 7.11 Å². The number of methoxy groups -OCH3 is 1. The number of hydrogen-bond donors (Lipinski definition) is 3. The highest BCUT2D eigenvalue weighted by atomic mass is 16.8. The van der Waals surface area contributed by atoms with Crippen molar-refractivity contribution in [2.75, 3.05) is 19.1 Å². The molecule has 184 valence electrons. The summed E-state index contributed by atoms with van der Waals surface area (Å²) in [5.74, 6) is 0.822. The summed E-state index contributed by atoms with van der Waals surface area (Å²) < 4.78 is 5.20. The quantitative estimate of drug-likeness (QED) is 0.289. The number of anilines is 1. The van der Waals surface area contributed by atoms with E-state index in [1.165, 1.54) is 16.7 Å². The Morgan fingerprint density at radius 1 is 0.943 bits per heavy atom. The SMILES string of the molecule is C=C(NCC1(c2ccccc2)CCC(NONc2ccc(OC)cc2)CC1)c1ccccc1CC. The van der Waals surface area contributed by atoms with Crippen LogP contribution in [0.15, 0.2) is 85.4 Å². The molecule has 4 rings (SSSR count). The lowest BCUT2D eigenvalue weighted by molar-refractivity contribution is 0.0378. The van der Waals surface area contributed by atoms with Gasteiger partial charge in [-0.2, -0.15) is 10.4 Å². The van der Waals surface area contributed by atoms with Gasteiger partial charge in [0.15, 0.2) is 0 Å². The molecule has 5 nitrogen and oxygen atoms in total. The zero-order chi connectivity index (χ0) is 24.5. The number of hydrogen-bond acceptors (Lipinski definition) is 5. The largest absolute Gasteiger partial charge is 0.497 e. The molecule has 5 heteroatoms. The summed E-state index contributed by atoms with van der Waals surface area (Å²) in [6.45, 7) is 7.44. The van der Waals surface area contributed by atoms with E-state index in [1.807, 2.05) is 24.3 Å². The normalized spacial score (nSPS) is 19.7. The second-order valence-electron chi connectivity index (χ2n) is 9.31. The minimum Gasteiger partial charge on any atom is -0.497 e. The molecule has 0 unspecified atom stereocenters. The maximum atomic E-state index is 5.62. The number of nitrogens with one attached hydrogen (secondary N) is 3. The van der Waals surface area contributed by atoms with Crippen LogP contribution in [0.3, 0.4) is 0 Å². The summed E-state index contributed by atoms with van der Waals surface area (Å²) in [6, 6.07) is 27.4. The van der Waals surface area contributed by atoms with Gasteiger partial charge in [0.1, 0.15) is 5.75 Å². The van der Waals surface area contributed by atoms with Gasteiger partial charge in [-0.25, -0.2) is 5.48 Å². The van der Waals surface area contributed by atoms with Gasteiger partial charge in [0, 0.05) is 29.3 Å². The highest BCUT2D eigenvalue weighted by Gasteiger charge is 2.37. The lowest BCUT2D eigenvalue weighted by Gasteiger charge is -2.41. The van der Waals surface area contributed by atoms with Crippen LogP contribution in [0, 0.1) is 0 Å². The van der Waals surface area contributed by atoms with Crippen molar-refractivity contribution in [2.24, 2.45) is 0 Å². The highest BCUT2D eigenvalue weighted by molar-refractivity contribution is 5.65. The predicted molar refractivity (Wildman–Crippen MR) is 144 cm³/mol. The lowest BCUT2D eigenvalue weighted by Crippen LogP contribution is -2.45. The van der Waals surface area contributed by atoms with Crippen LogP contribution in [-0.2, 0) is 16.8 Å². The Labute approximate surface area is 209 Å². The Hall–Kier alpha value is -3.28. The number of benzene rings is 3. The third kappa shape index (κ3) is 6.24. The van der Waals surface area contributed by atoms with Crippen molar-refractivity contribution in [1.29, 1.82) is 0 Å². The molecule has 0 bridgehead atoms. The summed E-state index contributed by atoms with van der Waals surface area (Å²) in [4.78, 5) is 5.62. The molecule has 0 amide bonds. The topological polar surface area (TPSA) is 54.5 Å². The lowest BCUT2D eigenvalue weighted by atomic mass is 9.68. The fraction of sp³-hybridized carbons (Fsp3) is 0.333. The fourth-order valence-electron chi connectivity index (χ4n) is 4.97. The van der Waals surface area contributed by atoms with Gasteiger partial charge in [-0.3, -0.25) is 0 Å². The van der Waals surface area contributed by atoms with Crippen molar-refractivity contribution in [3.8, 4) is 5.75 Å². The zero-order valence-electron chi connectivity index (χ0n) is 20.8. The van der Waals surface area contributed by atoms with Gasteiger partial charge in [0.25, 0.3) is 0 Å². The van der Waals surface area contributed by atoms with Crippen LogP contribution in [-0.4, -0.2) is 19.7 Å². The molecule has 1 saturated carbocycles. The van der Waals surface area contributed by atoms with Crippen LogP contribution in [0.4, 0.5) is 5.69 Å². The molecule has 3 aromatic carbocycles. The molecular formula is C30H37N3O2. The second kappa shape index (κ2) is 11.9. The van der Waals surface area contributed by atoms with Crippen LogP contribution < -0.4 is 21.0 Å². The predicted octanol–water partition coefficient (Wildman–Crippen LogP) is 6.25. The Morgan fingerprint density at radius 3 is 2.31 bits per heavy atom. The van der Waals surface area contributed by atoms with E-state index in [-0.39, 0.29) is 5.41 Å². The van der Waals surface area contributed by atoms with Gasteiger partial charge in [-0.05, 0) is 67.5 Å². The third-order valence-corrected chi connectivity index (χ3v) is 7.18. The van der Waals surface area contributed by atoms with E-state index in [0.717, 1.165) is 55.8 Å². The minimum atomic E-state index is 0.0625. The molecule has 0 atom stereocenters. The van der Waals surface area contributed by atoms with Crippen molar-refractivity contribution in [3.05, 3.63) is 102 Å². The molecule has 3 N–H and O–H groups in total. The van der Waals surface area contributed by atoms with Gasteiger partial charge in [0.2, 0.25) is 0 Å². The van der Waals surface area contributed by atoms with Crippen LogP contribution in [0.25, 0.3) is 5.70 Å². The number of ether oxygens (including phenoxy) is 1. The molecule has 0 radical (unpaired) electrons. The minimum absolute atomic E-state index is 0.0625. The molecular weight excluding hydrogens is 434 g/mol. The summed E-state index contributed by atoms with van der Waals surface area (Å²) >= 11 is 0. The number of rotatable bonds is 11. The first kappa shape index (κ1) is 24.8. The van der Waals surface area contributed by atoms with Crippen LogP contribution >= 0.6 is 0 Å². The van der Waals surface area contributed by atoms with E-state index in [4.69, 9.17) is 9.68 Å². The standard InChI is InChI=1S/C30H37N3O2/c1-4-24-10-8-9-13-29(24)23(2)31-22-30(25-11-6-5-7-12-25)20-18-27(19-21-30)33-35-32-26-14-16-28(34-3)17-15-26/h5-17,27,31-33H,2,4,18-22H2,1,3H3. The van der Waals surface area contributed by atoms with Crippen LogP contribution in [0.5, 0.6) is 5.75 Å². The maximum Gasteiger partial charge on any atom is 0.119 e. The zero-order valence-corrected chi connectivity index (χ0v) is 20.8. The molecule has 0 aliphatic heterocycles. The molecule has 35 heavy (non-hydrogen) atoms. The van der Waals surface area contributed by atoms with Crippen molar-refractivity contribution >= 4 is 11.4 Å². The smallest absolute Gasteiger partial charge is 0.119 e. The summed E-state index contributed by atoms with van der Waals surface area (Å²) in [7, 11) is 1.66. The van der Waals surface area contributed by atoms with Crippen molar-refractivity contribution in [1.82, 2.24) is 10.8 Å². The summed E-state index contributed by atoms with van der Waals surface area (Å²) in [5, 5.41) is 3.70. The molecule has 1 aliphatic rings. The van der Waals surface area contributed by atoms with E-state index < -0.39 is 0 Å². The molecule has 3 aromatic rings. The molecule has 1 aliphatic carbocycles. The molecule has 0 aromatic heterocycles. The van der Waals surface area contributed by atoms with Gasteiger partial charge in [-0.15, -0.1) is 0 Å². The molecule has 1 fully saturated rings. The van der Waals surface area contributed by atoms with E-state index in [2.05, 4.69) is 84.4 Å². The number of aryl methyl sites for hydroxylation is 1. The molecule has 0 saturated heterocycles. The first-order valence-corrected chi connectivity index (χ1v) is 12.5. The Morgan fingerprint density at radius 2 is 1.63 bits per heavy atom. The van der Waals surface area contributed by atoms with Gasteiger partial charge < -0.3 is 10.1 Å².